The van der Waals surface area contributed by atoms with Gasteiger partial charge in [0.25, 0.3) is 0 Å². The summed E-state index contributed by atoms with van der Waals surface area (Å²) in [7, 11) is 0. The lowest BCUT2D eigenvalue weighted by Crippen LogP contribution is -2.05. The summed E-state index contributed by atoms with van der Waals surface area (Å²) in [6.07, 6.45) is -0.901. The average molecular weight is 392 g/mol. The standard InChI is InChI=1S/C14H10Br2F2O/c15-9-4-5-11(17)8(6-9)7-13(19)10-2-1-3-12(18)14(10)16/h1-6,13,19H,7H2. The van der Waals surface area contributed by atoms with E-state index in [4.69, 9.17) is 0 Å². The molecule has 0 bridgehead atoms. The van der Waals surface area contributed by atoms with Gasteiger partial charge in [-0.3, -0.25) is 0 Å². The first-order valence-electron chi connectivity index (χ1n) is 5.55. The minimum Gasteiger partial charge on any atom is -0.388 e. The van der Waals surface area contributed by atoms with Gasteiger partial charge in [0.2, 0.25) is 0 Å². The van der Waals surface area contributed by atoms with Crippen LogP contribution in [-0.2, 0) is 6.42 Å². The van der Waals surface area contributed by atoms with Crippen LogP contribution in [0.4, 0.5) is 8.78 Å². The molecule has 0 aliphatic carbocycles. The van der Waals surface area contributed by atoms with Crippen molar-refractivity contribution in [2.45, 2.75) is 12.5 Å². The number of aliphatic hydroxyl groups is 1. The third kappa shape index (κ3) is 3.41. The molecule has 5 heteroatoms. The van der Waals surface area contributed by atoms with Crippen LogP contribution in [0.15, 0.2) is 45.3 Å². The quantitative estimate of drug-likeness (QED) is 0.799. The molecular formula is C14H10Br2F2O. The van der Waals surface area contributed by atoms with Crippen molar-refractivity contribution in [2.24, 2.45) is 0 Å². The van der Waals surface area contributed by atoms with E-state index in [9.17, 15) is 13.9 Å². The summed E-state index contributed by atoms with van der Waals surface area (Å²) in [6, 6.07) is 8.92. The molecule has 0 spiro atoms. The van der Waals surface area contributed by atoms with Crippen molar-refractivity contribution < 1.29 is 13.9 Å². The van der Waals surface area contributed by atoms with E-state index in [0.717, 1.165) is 4.47 Å². The summed E-state index contributed by atoms with van der Waals surface area (Å²) < 4.78 is 27.9. The Morgan fingerprint density at radius 2 is 1.79 bits per heavy atom. The Kier molecular flexibility index (Phi) is 4.71. The van der Waals surface area contributed by atoms with Crippen LogP contribution in [0.3, 0.4) is 0 Å². The second kappa shape index (κ2) is 6.11. The first-order valence-corrected chi connectivity index (χ1v) is 7.13. The summed E-state index contributed by atoms with van der Waals surface area (Å²) in [5.41, 5.74) is 0.775. The molecule has 0 saturated heterocycles. The molecule has 1 unspecified atom stereocenters. The van der Waals surface area contributed by atoms with Crippen LogP contribution in [-0.4, -0.2) is 5.11 Å². The topological polar surface area (TPSA) is 20.2 Å². The molecule has 0 amide bonds. The van der Waals surface area contributed by atoms with Crippen molar-refractivity contribution in [3.8, 4) is 0 Å². The number of hydrogen-bond acceptors (Lipinski definition) is 1. The highest BCUT2D eigenvalue weighted by Gasteiger charge is 2.16. The largest absolute Gasteiger partial charge is 0.388 e. The molecule has 0 fully saturated rings. The van der Waals surface area contributed by atoms with Crippen molar-refractivity contribution in [1.82, 2.24) is 0 Å². The molecule has 2 aromatic carbocycles. The minimum absolute atomic E-state index is 0.0767. The fraction of sp³-hybridized carbons (Fsp3) is 0.143. The van der Waals surface area contributed by atoms with Gasteiger partial charge in [-0.15, -0.1) is 0 Å². The number of hydrogen-bond donors (Lipinski definition) is 1. The third-order valence-corrected chi connectivity index (χ3v) is 4.09. The lowest BCUT2D eigenvalue weighted by molar-refractivity contribution is 0.176. The monoisotopic (exact) mass is 390 g/mol. The highest BCUT2D eigenvalue weighted by Crippen LogP contribution is 2.29. The maximum Gasteiger partial charge on any atom is 0.137 e. The Morgan fingerprint density at radius 1 is 1.05 bits per heavy atom. The zero-order valence-corrected chi connectivity index (χ0v) is 12.9. The molecule has 0 aliphatic rings. The van der Waals surface area contributed by atoms with E-state index >= 15 is 0 Å². The minimum atomic E-state index is -0.978. The Labute approximate surface area is 126 Å². The van der Waals surface area contributed by atoms with Gasteiger partial charge < -0.3 is 5.11 Å². The number of benzene rings is 2. The van der Waals surface area contributed by atoms with E-state index in [1.807, 2.05) is 0 Å². The van der Waals surface area contributed by atoms with E-state index in [0.29, 0.717) is 11.1 Å². The zero-order chi connectivity index (χ0) is 14.0. The molecule has 2 aromatic rings. The molecule has 0 radical (unpaired) electrons. The lowest BCUT2D eigenvalue weighted by atomic mass is 10.0. The van der Waals surface area contributed by atoms with Crippen LogP contribution < -0.4 is 0 Å². The predicted molar refractivity (Wildman–Crippen MR) is 76.9 cm³/mol. The molecule has 19 heavy (non-hydrogen) atoms. The van der Waals surface area contributed by atoms with Crippen LogP contribution in [0.25, 0.3) is 0 Å². The molecular weight excluding hydrogens is 382 g/mol. The molecule has 0 aliphatic heterocycles. The highest BCUT2D eigenvalue weighted by atomic mass is 79.9. The fourth-order valence-electron chi connectivity index (χ4n) is 1.80. The summed E-state index contributed by atoms with van der Waals surface area (Å²) >= 11 is 6.34. The van der Waals surface area contributed by atoms with Crippen molar-refractivity contribution in [2.75, 3.05) is 0 Å². The zero-order valence-electron chi connectivity index (χ0n) is 9.71. The predicted octanol–water partition coefficient (Wildman–Crippen LogP) is 4.77. The van der Waals surface area contributed by atoms with Crippen molar-refractivity contribution >= 4 is 31.9 Å². The second-order valence-corrected chi connectivity index (χ2v) is 5.81. The van der Waals surface area contributed by atoms with Crippen molar-refractivity contribution in [3.63, 3.8) is 0 Å². The van der Waals surface area contributed by atoms with Gasteiger partial charge in [0.05, 0.1) is 10.6 Å². The normalized spacial score (nSPS) is 12.5. The van der Waals surface area contributed by atoms with Gasteiger partial charge in [-0.2, -0.15) is 0 Å². The Balaban J connectivity index is 2.28. The van der Waals surface area contributed by atoms with Gasteiger partial charge in [-0.25, -0.2) is 8.78 Å². The molecule has 1 N–H and O–H groups in total. The van der Waals surface area contributed by atoms with E-state index in [2.05, 4.69) is 31.9 Å². The summed E-state index contributed by atoms with van der Waals surface area (Å²) in [4.78, 5) is 0. The maximum absolute atomic E-state index is 13.6. The third-order valence-electron chi connectivity index (χ3n) is 2.76. The van der Waals surface area contributed by atoms with E-state index in [1.165, 1.54) is 18.2 Å². The first kappa shape index (κ1) is 14.6. The Bertz CT molecular complexity index is 602. The molecule has 1 nitrogen and oxygen atoms in total. The highest BCUT2D eigenvalue weighted by molar-refractivity contribution is 9.10. The number of aliphatic hydroxyl groups excluding tert-OH is 1. The number of halogens is 4. The molecule has 0 aromatic heterocycles. The van der Waals surface area contributed by atoms with Gasteiger partial charge in [-0.05, 0) is 51.3 Å². The molecule has 0 saturated carbocycles. The van der Waals surface area contributed by atoms with Crippen LogP contribution in [0, 0.1) is 11.6 Å². The SMILES string of the molecule is OC(Cc1cc(Br)ccc1F)c1cccc(F)c1Br. The van der Waals surface area contributed by atoms with Crippen LogP contribution in [0.1, 0.15) is 17.2 Å². The van der Waals surface area contributed by atoms with Crippen molar-refractivity contribution in [3.05, 3.63) is 68.1 Å². The lowest BCUT2D eigenvalue weighted by Gasteiger charge is -2.14. The van der Waals surface area contributed by atoms with E-state index in [1.54, 1.807) is 18.2 Å². The summed E-state index contributed by atoms with van der Waals surface area (Å²) in [5, 5.41) is 10.1. The molecule has 2 rings (SSSR count). The van der Waals surface area contributed by atoms with E-state index < -0.39 is 17.7 Å². The second-order valence-electron chi connectivity index (χ2n) is 4.10. The van der Waals surface area contributed by atoms with Gasteiger partial charge >= 0.3 is 0 Å². The number of rotatable bonds is 3. The smallest absolute Gasteiger partial charge is 0.137 e. The van der Waals surface area contributed by atoms with Gasteiger partial charge in [0.1, 0.15) is 11.6 Å². The molecule has 100 valence electrons. The first-order chi connectivity index (χ1) is 8.99. The summed E-state index contributed by atoms with van der Waals surface area (Å²) in [5.74, 6) is -0.846. The van der Waals surface area contributed by atoms with Gasteiger partial charge in [0.15, 0.2) is 0 Å². The Morgan fingerprint density at radius 3 is 2.53 bits per heavy atom. The van der Waals surface area contributed by atoms with Crippen LogP contribution in [0.2, 0.25) is 0 Å². The molecule has 0 heterocycles. The molecule has 1 atom stereocenters. The van der Waals surface area contributed by atoms with Gasteiger partial charge in [-0.1, -0.05) is 28.1 Å². The fourth-order valence-corrected chi connectivity index (χ4v) is 2.73. The van der Waals surface area contributed by atoms with Crippen molar-refractivity contribution in [1.29, 1.82) is 0 Å². The maximum atomic E-state index is 13.6. The van der Waals surface area contributed by atoms with E-state index in [-0.39, 0.29) is 10.9 Å². The summed E-state index contributed by atoms with van der Waals surface area (Å²) in [6.45, 7) is 0. The van der Waals surface area contributed by atoms with Crippen LogP contribution >= 0.6 is 31.9 Å². The Hall–Kier alpha value is -0.780. The van der Waals surface area contributed by atoms with Crippen LogP contribution in [0.5, 0.6) is 0 Å². The van der Waals surface area contributed by atoms with Gasteiger partial charge in [0, 0.05) is 10.9 Å². The average Bonchev–Trinajstić information content (AvgIpc) is 2.37.